The summed E-state index contributed by atoms with van der Waals surface area (Å²) in [4.78, 5) is 37.6. The molecule has 1 fully saturated rings. The average Bonchev–Trinajstić information content (AvgIpc) is 2.89. The number of thioether (sulfide) groups is 1. The van der Waals surface area contributed by atoms with Crippen molar-refractivity contribution in [1.82, 2.24) is 0 Å². The third kappa shape index (κ3) is 3.45. The molecule has 5 nitrogen and oxygen atoms in total. The number of hydrogen-bond acceptors (Lipinski definition) is 5. The van der Waals surface area contributed by atoms with Crippen molar-refractivity contribution in [2.24, 2.45) is 0 Å². The van der Waals surface area contributed by atoms with E-state index in [2.05, 4.69) is 4.74 Å². The van der Waals surface area contributed by atoms with Crippen molar-refractivity contribution in [3.05, 3.63) is 69.6 Å². The lowest BCUT2D eigenvalue weighted by molar-refractivity contribution is -0.113. The molecule has 0 bridgehead atoms. The van der Waals surface area contributed by atoms with Crippen LogP contribution in [0.5, 0.6) is 0 Å². The second-order valence-corrected chi connectivity index (χ2v) is 6.48. The Kier molecular flexibility index (Phi) is 4.92. The number of esters is 1. The summed E-state index contributed by atoms with van der Waals surface area (Å²) in [5, 5.41) is -0.0796. The number of amides is 2. The summed E-state index contributed by atoms with van der Waals surface area (Å²) < 4.78 is 4.64. The molecule has 0 atom stereocenters. The predicted molar refractivity (Wildman–Crippen MR) is 97.7 cm³/mol. The SMILES string of the molecule is COC(=O)c1ccc(/C=C2\SC(=O)N(c3ccccc3Cl)C2=O)cc1. The molecule has 1 aliphatic heterocycles. The topological polar surface area (TPSA) is 63.7 Å². The van der Waals surface area contributed by atoms with Gasteiger partial charge >= 0.3 is 5.97 Å². The maximum absolute atomic E-state index is 12.6. The first-order chi connectivity index (χ1) is 12.0. The quantitative estimate of drug-likeness (QED) is 0.590. The Morgan fingerprint density at radius 1 is 1.12 bits per heavy atom. The van der Waals surface area contributed by atoms with Crippen LogP contribution in [0, 0.1) is 0 Å². The minimum atomic E-state index is -0.439. The van der Waals surface area contributed by atoms with Gasteiger partial charge in [-0.25, -0.2) is 9.69 Å². The van der Waals surface area contributed by atoms with Gasteiger partial charge in [0.25, 0.3) is 11.1 Å². The zero-order valence-corrected chi connectivity index (χ0v) is 14.6. The van der Waals surface area contributed by atoms with Crippen LogP contribution in [0.1, 0.15) is 15.9 Å². The van der Waals surface area contributed by atoms with E-state index in [9.17, 15) is 14.4 Å². The Morgan fingerprint density at radius 2 is 1.80 bits per heavy atom. The number of carbonyl (C=O) groups is 3. The highest BCUT2D eigenvalue weighted by molar-refractivity contribution is 8.19. The molecule has 2 amide bonds. The van der Waals surface area contributed by atoms with Gasteiger partial charge in [-0.05, 0) is 47.7 Å². The van der Waals surface area contributed by atoms with Crippen molar-refractivity contribution in [2.45, 2.75) is 0 Å². The molecule has 25 heavy (non-hydrogen) atoms. The van der Waals surface area contributed by atoms with Crippen LogP contribution in [0.25, 0.3) is 6.08 Å². The Bertz CT molecular complexity index is 892. The van der Waals surface area contributed by atoms with Gasteiger partial charge in [0.15, 0.2) is 0 Å². The van der Waals surface area contributed by atoms with E-state index in [0.29, 0.717) is 21.8 Å². The molecular weight excluding hydrogens is 362 g/mol. The second-order valence-electron chi connectivity index (χ2n) is 5.08. The van der Waals surface area contributed by atoms with Gasteiger partial charge in [0, 0.05) is 0 Å². The lowest BCUT2D eigenvalue weighted by atomic mass is 10.1. The van der Waals surface area contributed by atoms with Gasteiger partial charge < -0.3 is 4.74 Å². The molecule has 0 N–H and O–H groups in total. The summed E-state index contributed by atoms with van der Waals surface area (Å²) >= 11 is 6.93. The van der Waals surface area contributed by atoms with Crippen molar-refractivity contribution in [3.63, 3.8) is 0 Å². The number of carbonyl (C=O) groups excluding carboxylic acids is 3. The molecule has 0 aliphatic carbocycles. The van der Waals surface area contributed by atoms with Crippen LogP contribution in [0.3, 0.4) is 0 Å². The van der Waals surface area contributed by atoms with E-state index >= 15 is 0 Å². The highest BCUT2D eigenvalue weighted by Gasteiger charge is 2.37. The van der Waals surface area contributed by atoms with Gasteiger partial charge in [-0.3, -0.25) is 9.59 Å². The van der Waals surface area contributed by atoms with E-state index in [4.69, 9.17) is 11.6 Å². The molecule has 0 unspecified atom stereocenters. The summed E-state index contributed by atoms with van der Waals surface area (Å²) in [7, 11) is 1.31. The van der Waals surface area contributed by atoms with Crippen molar-refractivity contribution in [3.8, 4) is 0 Å². The number of anilines is 1. The van der Waals surface area contributed by atoms with Gasteiger partial charge in [-0.1, -0.05) is 35.9 Å². The summed E-state index contributed by atoms with van der Waals surface area (Å²) in [5.74, 6) is -0.870. The number of hydrogen-bond donors (Lipinski definition) is 0. The van der Waals surface area contributed by atoms with E-state index in [1.54, 1.807) is 54.6 Å². The summed E-state index contributed by atoms with van der Waals surface area (Å²) in [6, 6.07) is 13.2. The summed E-state index contributed by atoms with van der Waals surface area (Å²) in [6.45, 7) is 0. The van der Waals surface area contributed by atoms with Crippen molar-refractivity contribution in [1.29, 1.82) is 0 Å². The lowest BCUT2D eigenvalue weighted by Gasteiger charge is -2.13. The molecule has 2 aromatic rings. The fourth-order valence-electron chi connectivity index (χ4n) is 2.29. The van der Waals surface area contributed by atoms with Gasteiger partial charge in [-0.15, -0.1) is 0 Å². The Balaban J connectivity index is 1.88. The van der Waals surface area contributed by atoms with Crippen molar-refractivity contribution in [2.75, 3.05) is 12.0 Å². The van der Waals surface area contributed by atoms with Crippen LogP contribution in [-0.2, 0) is 9.53 Å². The third-order valence-corrected chi connectivity index (χ3v) is 4.71. The summed E-state index contributed by atoms with van der Waals surface area (Å²) in [5.41, 5.74) is 1.46. The van der Waals surface area contributed by atoms with E-state index in [0.717, 1.165) is 16.7 Å². The van der Waals surface area contributed by atoms with Crippen LogP contribution in [0.15, 0.2) is 53.4 Å². The molecule has 7 heteroatoms. The number of methoxy groups -OCH3 is 1. The molecule has 3 rings (SSSR count). The van der Waals surface area contributed by atoms with Crippen molar-refractivity contribution >= 4 is 52.2 Å². The zero-order valence-electron chi connectivity index (χ0n) is 13.1. The van der Waals surface area contributed by atoms with Crippen LogP contribution in [-0.4, -0.2) is 24.2 Å². The van der Waals surface area contributed by atoms with Crippen LogP contribution < -0.4 is 4.90 Å². The first-order valence-electron chi connectivity index (χ1n) is 7.22. The van der Waals surface area contributed by atoms with Crippen LogP contribution in [0.2, 0.25) is 5.02 Å². The minimum absolute atomic E-state index is 0.288. The molecule has 0 saturated carbocycles. The molecular formula is C18H12ClNO4S. The van der Waals surface area contributed by atoms with Gasteiger partial charge in [0.2, 0.25) is 0 Å². The van der Waals surface area contributed by atoms with Crippen LogP contribution in [0.4, 0.5) is 10.5 Å². The van der Waals surface area contributed by atoms with E-state index in [-0.39, 0.29) is 4.91 Å². The standard InChI is InChI=1S/C18H12ClNO4S/c1-24-17(22)12-8-6-11(7-9-12)10-15-16(21)20(18(23)25-15)14-5-3-2-4-13(14)19/h2-10H,1H3/b15-10-. The molecule has 1 heterocycles. The van der Waals surface area contributed by atoms with Crippen molar-refractivity contribution < 1.29 is 19.1 Å². The molecule has 126 valence electrons. The number of rotatable bonds is 3. The lowest BCUT2D eigenvalue weighted by Crippen LogP contribution is -2.27. The number of benzene rings is 2. The largest absolute Gasteiger partial charge is 0.465 e. The maximum atomic E-state index is 12.6. The van der Waals surface area contributed by atoms with Gasteiger partial charge in [-0.2, -0.15) is 0 Å². The Labute approximate surface area is 153 Å². The molecule has 0 radical (unpaired) electrons. The normalized spacial score (nSPS) is 15.8. The fraction of sp³-hybridized carbons (Fsp3) is 0.0556. The summed E-state index contributed by atoms with van der Waals surface area (Å²) in [6.07, 6.45) is 1.60. The van der Waals surface area contributed by atoms with Gasteiger partial charge in [0.05, 0.1) is 28.3 Å². The molecule has 1 saturated heterocycles. The van der Waals surface area contributed by atoms with Gasteiger partial charge in [0.1, 0.15) is 0 Å². The molecule has 2 aromatic carbocycles. The molecule has 0 spiro atoms. The fourth-order valence-corrected chi connectivity index (χ4v) is 3.35. The van der Waals surface area contributed by atoms with E-state index in [1.807, 2.05) is 0 Å². The Morgan fingerprint density at radius 3 is 2.44 bits per heavy atom. The Hall–Kier alpha value is -2.57. The predicted octanol–water partition coefficient (Wildman–Crippen LogP) is 4.37. The number of ether oxygens (including phenoxy) is 1. The number of para-hydroxylation sites is 1. The van der Waals surface area contributed by atoms with E-state index < -0.39 is 17.1 Å². The zero-order chi connectivity index (χ0) is 18.0. The average molecular weight is 374 g/mol. The first-order valence-corrected chi connectivity index (χ1v) is 8.41. The van der Waals surface area contributed by atoms with Crippen LogP contribution >= 0.6 is 23.4 Å². The number of imide groups is 1. The highest BCUT2D eigenvalue weighted by Crippen LogP contribution is 2.38. The minimum Gasteiger partial charge on any atom is -0.465 e. The van der Waals surface area contributed by atoms with E-state index in [1.165, 1.54) is 7.11 Å². The number of halogens is 1. The first kappa shape index (κ1) is 17.3. The molecule has 0 aromatic heterocycles. The maximum Gasteiger partial charge on any atom is 0.337 e. The third-order valence-electron chi connectivity index (χ3n) is 3.52. The highest BCUT2D eigenvalue weighted by atomic mass is 35.5. The monoisotopic (exact) mass is 373 g/mol. The molecule has 1 aliphatic rings. The second kappa shape index (κ2) is 7.13. The smallest absolute Gasteiger partial charge is 0.337 e. The number of nitrogens with zero attached hydrogens (tertiary/aromatic N) is 1.